The summed E-state index contributed by atoms with van der Waals surface area (Å²) in [6.45, 7) is 0.0167. The lowest BCUT2D eigenvalue weighted by atomic mass is 10.3. The number of ether oxygens (including phenoxy) is 1. The van der Waals surface area contributed by atoms with Gasteiger partial charge in [0.2, 0.25) is 10.0 Å². The van der Waals surface area contributed by atoms with Crippen LogP contribution in [0.1, 0.15) is 5.69 Å². The van der Waals surface area contributed by atoms with E-state index in [0.717, 1.165) is 12.1 Å². The van der Waals surface area contributed by atoms with Gasteiger partial charge < -0.3 is 4.74 Å². The average molecular weight is 296 g/mol. The van der Waals surface area contributed by atoms with Gasteiger partial charge in [0.05, 0.1) is 19.3 Å². The molecule has 1 aromatic carbocycles. The van der Waals surface area contributed by atoms with E-state index in [0.29, 0.717) is 5.69 Å². The first-order chi connectivity index (χ1) is 9.53. The lowest BCUT2D eigenvalue weighted by Crippen LogP contribution is -2.24. The van der Waals surface area contributed by atoms with E-state index in [4.69, 9.17) is 4.74 Å². The van der Waals surface area contributed by atoms with Gasteiger partial charge in [-0.25, -0.2) is 17.5 Å². The highest BCUT2D eigenvalue weighted by molar-refractivity contribution is 7.89. The molecule has 20 heavy (non-hydrogen) atoms. The summed E-state index contributed by atoms with van der Waals surface area (Å²) in [4.78, 5) is 3.76. The first-order valence-corrected chi connectivity index (χ1v) is 7.24. The highest BCUT2D eigenvalue weighted by Crippen LogP contribution is 2.24. The monoisotopic (exact) mass is 296 g/mol. The molecule has 0 spiro atoms. The maximum absolute atomic E-state index is 13.2. The maximum atomic E-state index is 13.2. The molecule has 0 aliphatic heterocycles. The molecule has 7 heteroatoms. The molecule has 0 saturated carbocycles. The van der Waals surface area contributed by atoms with Crippen LogP contribution in [-0.2, 0) is 16.6 Å². The van der Waals surface area contributed by atoms with Gasteiger partial charge in [-0.05, 0) is 30.3 Å². The zero-order chi connectivity index (χ0) is 14.6. The van der Waals surface area contributed by atoms with Crippen LogP contribution in [0.15, 0.2) is 47.5 Å². The Morgan fingerprint density at radius 3 is 2.75 bits per heavy atom. The van der Waals surface area contributed by atoms with E-state index >= 15 is 0 Å². The van der Waals surface area contributed by atoms with Crippen LogP contribution in [0.3, 0.4) is 0 Å². The second kappa shape index (κ2) is 5.98. The van der Waals surface area contributed by atoms with E-state index in [1.165, 1.54) is 13.2 Å². The van der Waals surface area contributed by atoms with Crippen LogP contribution in [0.5, 0.6) is 5.75 Å². The number of rotatable bonds is 5. The van der Waals surface area contributed by atoms with E-state index in [-0.39, 0.29) is 17.2 Å². The van der Waals surface area contributed by atoms with Gasteiger partial charge in [0.15, 0.2) is 0 Å². The molecular weight excluding hydrogens is 283 g/mol. The van der Waals surface area contributed by atoms with Gasteiger partial charge in [-0.15, -0.1) is 0 Å². The molecule has 0 radical (unpaired) electrons. The lowest BCUT2D eigenvalue weighted by molar-refractivity contribution is 0.400. The van der Waals surface area contributed by atoms with Gasteiger partial charge in [0.1, 0.15) is 16.5 Å². The van der Waals surface area contributed by atoms with E-state index < -0.39 is 15.8 Å². The number of sulfonamides is 1. The fourth-order valence-corrected chi connectivity index (χ4v) is 2.79. The van der Waals surface area contributed by atoms with Gasteiger partial charge in [-0.2, -0.15) is 0 Å². The summed E-state index contributed by atoms with van der Waals surface area (Å²) in [5.74, 6) is -0.566. The molecule has 0 saturated heterocycles. The zero-order valence-corrected chi connectivity index (χ0v) is 11.5. The number of aromatic nitrogens is 1. The highest BCUT2D eigenvalue weighted by atomic mass is 32.2. The van der Waals surface area contributed by atoms with E-state index in [1.807, 2.05) is 0 Å². The molecule has 5 nitrogen and oxygen atoms in total. The second-order valence-electron chi connectivity index (χ2n) is 3.94. The number of methoxy groups -OCH3 is 1. The van der Waals surface area contributed by atoms with Crippen LogP contribution >= 0.6 is 0 Å². The predicted octanol–water partition coefficient (Wildman–Crippen LogP) is 1.71. The number of pyridine rings is 1. The van der Waals surface area contributed by atoms with Gasteiger partial charge in [-0.3, -0.25) is 4.98 Å². The minimum Gasteiger partial charge on any atom is -0.495 e. The van der Waals surface area contributed by atoms with Crippen LogP contribution in [0.4, 0.5) is 4.39 Å². The summed E-state index contributed by atoms with van der Waals surface area (Å²) < 4.78 is 44.8. The van der Waals surface area contributed by atoms with Crippen molar-refractivity contribution in [3.05, 3.63) is 54.1 Å². The number of nitrogens with zero attached hydrogens (tertiary/aromatic N) is 1. The summed E-state index contributed by atoms with van der Waals surface area (Å²) >= 11 is 0. The quantitative estimate of drug-likeness (QED) is 0.912. The Hall–Kier alpha value is -1.99. The van der Waals surface area contributed by atoms with E-state index in [1.54, 1.807) is 24.4 Å². The molecule has 0 aliphatic carbocycles. The molecule has 2 aromatic rings. The van der Waals surface area contributed by atoms with Crippen molar-refractivity contribution >= 4 is 10.0 Å². The van der Waals surface area contributed by atoms with E-state index in [2.05, 4.69) is 9.71 Å². The van der Waals surface area contributed by atoms with Gasteiger partial charge in [0.25, 0.3) is 0 Å². The van der Waals surface area contributed by atoms with Crippen molar-refractivity contribution in [2.24, 2.45) is 0 Å². The van der Waals surface area contributed by atoms with Gasteiger partial charge in [0, 0.05) is 6.20 Å². The molecule has 2 rings (SSSR count). The molecule has 106 valence electrons. The second-order valence-corrected chi connectivity index (χ2v) is 5.68. The molecule has 0 atom stereocenters. The van der Waals surface area contributed by atoms with Crippen molar-refractivity contribution in [3.63, 3.8) is 0 Å². The van der Waals surface area contributed by atoms with Crippen LogP contribution in [0, 0.1) is 5.82 Å². The van der Waals surface area contributed by atoms with Crippen molar-refractivity contribution in [3.8, 4) is 5.75 Å². The first-order valence-electron chi connectivity index (χ1n) is 5.76. The molecule has 0 aliphatic rings. The van der Waals surface area contributed by atoms with Crippen molar-refractivity contribution < 1.29 is 17.5 Å². The Labute approximate surface area is 116 Å². The number of halogens is 1. The highest BCUT2D eigenvalue weighted by Gasteiger charge is 2.20. The topological polar surface area (TPSA) is 68.3 Å². The predicted molar refractivity (Wildman–Crippen MR) is 71.2 cm³/mol. The fourth-order valence-electron chi connectivity index (χ4n) is 1.61. The number of hydrogen-bond donors (Lipinski definition) is 1. The van der Waals surface area contributed by atoms with E-state index in [9.17, 15) is 12.8 Å². The molecule has 0 bridgehead atoms. The third-order valence-electron chi connectivity index (χ3n) is 2.58. The molecule has 0 fully saturated rings. The third-order valence-corrected chi connectivity index (χ3v) is 4.01. The molecular formula is C13H13FN2O3S. The van der Waals surface area contributed by atoms with Crippen molar-refractivity contribution in [2.45, 2.75) is 11.4 Å². The Bertz CT molecular complexity index is 690. The summed E-state index contributed by atoms with van der Waals surface area (Å²) in [5, 5.41) is 0. The summed E-state index contributed by atoms with van der Waals surface area (Å²) in [5.41, 5.74) is 0.562. The van der Waals surface area contributed by atoms with Crippen molar-refractivity contribution in [1.82, 2.24) is 9.71 Å². The molecule has 0 amide bonds. The minimum absolute atomic E-state index is 0.0167. The van der Waals surface area contributed by atoms with Gasteiger partial charge in [-0.1, -0.05) is 6.07 Å². The van der Waals surface area contributed by atoms with Crippen LogP contribution < -0.4 is 9.46 Å². The SMILES string of the molecule is COc1ccc(F)cc1S(=O)(=O)NCc1ccccn1. The largest absolute Gasteiger partial charge is 0.495 e. The number of nitrogens with one attached hydrogen (secondary N) is 1. The number of hydrogen-bond acceptors (Lipinski definition) is 4. The molecule has 1 aromatic heterocycles. The average Bonchev–Trinajstić information content (AvgIpc) is 2.46. The van der Waals surface area contributed by atoms with Crippen LogP contribution in [-0.4, -0.2) is 20.5 Å². The Balaban J connectivity index is 2.24. The lowest BCUT2D eigenvalue weighted by Gasteiger charge is -2.10. The summed E-state index contributed by atoms with van der Waals surface area (Å²) in [7, 11) is -2.55. The molecule has 1 heterocycles. The standard InChI is InChI=1S/C13H13FN2O3S/c1-19-12-6-5-10(14)8-13(12)20(17,18)16-9-11-4-2-3-7-15-11/h2-8,16H,9H2,1H3. The number of benzene rings is 1. The van der Waals surface area contributed by atoms with Crippen LogP contribution in [0.25, 0.3) is 0 Å². The van der Waals surface area contributed by atoms with Gasteiger partial charge >= 0.3 is 0 Å². The fraction of sp³-hybridized carbons (Fsp3) is 0.154. The minimum atomic E-state index is -3.88. The maximum Gasteiger partial charge on any atom is 0.244 e. The zero-order valence-electron chi connectivity index (χ0n) is 10.7. The van der Waals surface area contributed by atoms with Crippen molar-refractivity contribution in [1.29, 1.82) is 0 Å². The Morgan fingerprint density at radius 2 is 2.10 bits per heavy atom. The Kier molecular flexibility index (Phi) is 4.31. The normalized spacial score (nSPS) is 11.3. The first kappa shape index (κ1) is 14.4. The molecule has 1 N–H and O–H groups in total. The molecule has 0 unspecified atom stereocenters. The Morgan fingerprint density at radius 1 is 1.30 bits per heavy atom. The third kappa shape index (κ3) is 3.31. The van der Waals surface area contributed by atoms with Crippen molar-refractivity contribution in [2.75, 3.05) is 7.11 Å². The summed E-state index contributed by atoms with van der Waals surface area (Å²) in [6.07, 6.45) is 1.56. The summed E-state index contributed by atoms with van der Waals surface area (Å²) in [6, 6.07) is 8.49. The smallest absolute Gasteiger partial charge is 0.244 e. The van der Waals surface area contributed by atoms with Crippen LogP contribution in [0.2, 0.25) is 0 Å².